The van der Waals surface area contributed by atoms with Gasteiger partial charge in [-0.25, -0.2) is 8.78 Å². The molecular formula is C29H24F2N4O3. The number of aryl methyl sites for hydroxylation is 1. The lowest BCUT2D eigenvalue weighted by Gasteiger charge is -2.15. The highest BCUT2D eigenvalue weighted by atomic mass is 19.1. The van der Waals surface area contributed by atoms with Gasteiger partial charge in [-0.05, 0) is 36.1 Å². The van der Waals surface area contributed by atoms with Crippen LogP contribution in [0.1, 0.15) is 12.1 Å². The number of hydrogen-bond donors (Lipinski definition) is 2. The predicted octanol–water partition coefficient (Wildman–Crippen LogP) is 5.81. The normalized spacial score (nSPS) is 20.8. The van der Waals surface area contributed by atoms with Crippen LogP contribution >= 0.6 is 0 Å². The van der Waals surface area contributed by atoms with Crippen molar-refractivity contribution in [2.75, 3.05) is 13.2 Å². The van der Waals surface area contributed by atoms with Crippen LogP contribution in [0.25, 0.3) is 44.5 Å². The van der Waals surface area contributed by atoms with Crippen molar-refractivity contribution in [3.63, 3.8) is 0 Å². The van der Waals surface area contributed by atoms with Crippen LogP contribution in [0, 0.1) is 18.6 Å². The van der Waals surface area contributed by atoms with Crippen molar-refractivity contribution >= 4 is 11.0 Å². The Balaban J connectivity index is 1.14. The van der Waals surface area contributed by atoms with E-state index in [0.717, 1.165) is 34.5 Å². The van der Waals surface area contributed by atoms with E-state index in [1.807, 2.05) is 49.4 Å². The summed E-state index contributed by atoms with van der Waals surface area (Å²) in [6.45, 7) is 2.94. The van der Waals surface area contributed by atoms with Crippen LogP contribution in [0.2, 0.25) is 0 Å². The lowest BCUT2D eigenvalue weighted by Crippen LogP contribution is -2.32. The fourth-order valence-corrected chi connectivity index (χ4v) is 5.28. The van der Waals surface area contributed by atoms with Crippen molar-refractivity contribution in [3.05, 3.63) is 78.0 Å². The average Bonchev–Trinajstić information content (AvgIpc) is 3.71. The number of ether oxygens (including phenoxy) is 3. The van der Waals surface area contributed by atoms with Crippen LogP contribution in [0.15, 0.2) is 60.7 Å². The maximum Gasteiger partial charge on any atom is 0.295 e. The van der Waals surface area contributed by atoms with Crippen molar-refractivity contribution in [1.82, 2.24) is 20.2 Å². The third-order valence-electron chi connectivity index (χ3n) is 7.22. The number of nitrogens with one attached hydrogen (secondary N) is 2. The summed E-state index contributed by atoms with van der Waals surface area (Å²) in [6, 6.07) is 18.5. The molecule has 192 valence electrons. The summed E-state index contributed by atoms with van der Waals surface area (Å²) >= 11 is 0. The summed E-state index contributed by atoms with van der Waals surface area (Å²) < 4.78 is 48.0. The van der Waals surface area contributed by atoms with Crippen LogP contribution in [0.5, 0.6) is 6.01 Å². The van der Waals surface area contributed by atoms with E-state index in [1.54, 1.807) is 12.1 Å². The molecule has 2 N–H and O–H groups in total. The van der Waals surface area contributed by atoms with Gasteiger partial charge in [-0.2, -0.15) is 10.1 Å². The number of halogens is 2. The molecule has 2 aromatic heterocycles. The van der Waals surface area contributed by atoms with Crippen molar-refractivity contribution in [3.8, 4) is 39.5 Å². The molecule has 2 aliphatic rings. The van der Waals surface area contributed by atoms with E-state index in [-0.39, 0.29) is 40.9 Å². The van der Waals surface area contributed by atoms with Gasteiger partial charge in [0.2, 0.25) is 0 Å². The van der Waals surface area contributed by atoms with Gasteiger partial charge in [-0.3, -0.25) is 5.10 Å². The van der Waals surface area contributed by atoms with Gasteiger partial charge in [-0.1, -0.05) is 48.5 Å². The summed E-state index contributed by atoms with van der Waals surface area (Å²) in [4.78, 5) is 7.16. The second-order valence-corrected chi connectivity index (χ2v) is 9.73. The van der Waals surface area contributed by atoms with E-state index in [2.05, 4.69) is 20.2 Å². The third-order valence-corrected chi connectivity index (χ3v) is 7.22. The maximum atomic E-state index is 15.6. The van der Waals surface area contributed by atoms with Gasteiger partial charge in [0, 0.05) is 23.9 Å². The second kappa shape index (κ2) is 9.04. The Bertz CT molecular complexity index is 1630. The summed E-state index contributed by atoms with van der Waals surface area (Å²) in [5, 5.41) is 7.23. The number of aromatic amines is 2. The predicted molar refractivity (Wildman–Crippen MR) is 138 cm³/mol. The first-order valence-corrected chi connectivity index (χ1v) is 12.5. The number of benzene rings is 3. The Morgan fingerprint density at radius 1 is 0.921 bits per heavy atom. The van der Waals surface area contributed by atoms with E-state index in [1.165, 1.54) is 6.07 Å². The van der Waals surface area contributed by atoms with Gasteiger partial charge < -0.3 is 19.2 Å². The first-order valence-electron chi connectivity index (χ1n) is 12.5. The van der Waals surface area contributed by atoms with Crippen molar-refractivity contribution < 1.29 is 23.0 Å². The number of aromatic nitrogens is 4. The average molecular weight is 515 g/mol. The second-order valence-electron chi connectivity index (χ2n) is 9.73. The lowest BCUT2D eigenvalue weighted by atomic mass is 9.98. The Hall–Kier alpha value is -4.08. The summed E-state index contributed by atoms with van der Waals surface area (Å²) in [5.74, 6) is -1.42. The van der Waals surface area contributed by atoms with Crippen molar-refractivity contribution in [2.45, 2.75) is 31.7 Å². The fourth-order valence-electron chi connectivity index (χ4n) is 5.28. The molecular weight excluding hydrogens is 490 g/mol. The SMILES string of the molecule is Cc1cc(-c2ccc(-c3ccc(-c4c(F)cc5[nH]c(OC6CO[C@@H]7CCO[C@H]67)nc5c4F)cc3)cc2)n[nH]1. The monoisotopic (exact) mass is 514 g/mol. The zero-order valence-corrected chi connectivity index (χ0v) is 20.5. The highest BCUT2D eigenvalue weighted by Gasteiger charge is 2.43. The van der Waals surface area contributed by atoms with Crippen LogP contribution < -0.4 is 4.74 Å². The largest absolute Gasteiger partial charge is 0.456 e. The lowest BCUT2D eigenvalue weighted by molar-refractivity contribution is 0.0273. The number of imidazole rings is 1. The Kier molecular flexibility index (Phi) is 5.49. The molecule has 3 atom stereocenters. The van der Waals surface area contributed by atoms with Gasteiger partial charge in [-0.15, -0.1) is 0 Å². The first kappa shape index (κ1) is 23.1. The molecule has 38 heavy (non-hydrogen) atoms. The van der Waals surface area contributed by atoms with Gasteiger partial charge >= 0.3 is 0 Å². The summed E-state index contributed by atoms with van der Waals surface area (Å²) in [7, 11) is 0. The molecule has 0 radical (unpaired) electrons. The number of hydrogen-bond acceptors (Lipinski definition) is 5. The standard InChI is InChI=1S/C29H24F2N4O3/c1-15-12-21(35-34-15)18-6-2-16(3-7-18)17-4-8-19(9-5-17)25-20(30)13-22-27(26(25)31)33-29(32-22)38-24-14-37-23-10-11-36-28(23)24/h2-9,12-13,23-24,28H,10-11,14H2,1H3,(H,32,33)(H,34,35)/t23-,24?,28+/m1/s1. The molecule has 9 heteroatoms. The number of rotatable bonds is 5. The summed E-state index contributed by atoms with van der Waals surface area (Å²) in [5.41, 5.74) is 5.34. The molecule has 7 rings (SSSR count). The molecule has 0 aliphatic carbocycles. The van der Waals surface area contributed by atoms with E-state index >= 15 is 8.78 Å². The fraction of sp³-hybridized carbons (Fsp3) is 0.241. The summed E-state index contributed by atoms with van der Waals surface area (Å²) in [6.07, 6.45) is 0.305. The molecule has 1 unspecified atom stereocenters. The molecule has 0 bridgehead atoms. The minimum Gasteiger partial charge on any atom is -0.456 e. The molecule has 4 heterocycles. The topological polar surface area (TPSA) is 85.1 Å². The molecule has 5 aromatic rings. The maximum absolute atomic E-state index is 15.6. The molecule has 2 saturated heterocycles. The number of fused-ring (bicyclic) bond motifs is 2. The highest BCUT2D eigenvalue weighted by Crippen LogP contribution is 2.35. The number of nitrogens with zero attached hydrogens (tertiary/aromatic N) is 2. The van der Waals surface area contributed by atoms with E-state index in [0.29, 0.717) is 18.8 Å². The van der Waals surface area contributed by atoms with E-state index < -0.39 is 11.6 Å². The smallest absolute Gasteiger partial charge is 0.295 e. The van der Waals surface area contributed by atoms with Crippen LogP contribution in [-0.4, -0.2) is 51.7 Å². The molecule has 2 fully saturated rings. The third kappa shape index (κ3) is 3.95. The minimum atomic E-state index is -0.741. The van der Waals surface area contributed by atoms with Crippen LogP contribution in [0.3, 0.4) is 0 Å². The van der Waals surface area contributed by atoms with Gasteiger partial charge in [0.15, 0.2) is 11.9 Å². The highest BCUT2D eigenvalue weighted by molar-refractivity contribution is 5.84. The minimum absolute atomic E-state index is 0.00601. The molecule has 2 aliphatic heterocycles. The molecule has 0 saturated carbocycles. The van der Waals surface area contributed by atoms with Gasteiger partial charge in [0.25, 0.3) is 6.01 Å². The quantitative estimate of drug-likeness (QED) is 0.309. The molecule has 3 aromatic carbocycles. The van der Waals surface area contributed by atoms with Gasteiger partial charge in [0.1, 0.15) is 17.4 Å². The molecule has 7 nitrogen and oxygen atoms in total. The van der Waals surface area contributed by atoms with E-state index in [4.69, 9.17) is 14.2 Å². The zero-order chi connectivity index (χ0) is 25.8. The zero-order valence-electron chi connectivity index (χ0n) is 20.5. The van der Waals surface area contributed by atoms with Crippen LogP contribution in [0.4, 0.5) is 8.78 Å². The van der Waals surface area contributed by atoms with Crippen LogP contribution in [-0.2, 0) is 9.47 Å². The first-order chi connectivity index (χ1) is 18.5. The van der Waals surface area contributed by atoms with Gasteiger partial charge in [0.05, 0.1) is 29.5 Å². The molecule has 0 spiro atoms. The number of H-pyrrole nitrogens is 2. The Morgan fingerprint density at radius 3 is 2.34 bits per heavy atom. The van der Waals surface area contributed by atoms with Crippen molar-refractivity contribution in [2.24, 2.45) is 0 Å². The Morgan fingerprint density at radius 2 is 1.63 bits per heavy atom. The Labute approximate surface area is 216 Å². The molecule has 0 amide bonds. The van der Waals surface area contributed by atoms with Crippen molar-refractivity contribution in [1.29, 1.82) is 0 Å². The van der Waals surface area contributed by atoms with E-state index in [9.17, 15) is 0 Å².